The minimum atomic E-state index is -0.782. The van der Waals surface area contributed by atoms with Gasteiger partial charge in [0.05, 0.1) is 0 Å². The number of carbonyl (C=O) groups excluding carboxylic acids is 1. The third kappa shape index (κ3) is 6.39. The highest BCUT2D eigenvalue weighted by Crippen LogP contribution is 2.08. The van der Waals surface area contributed by atoms with E-state index in [1.807, 2.05) is 24.3 Å². The summed E-state index contributed by atoms with van der Waals surface area (Å²) in [5, 5.41) is 2.82. The van der Waals surface area contributed by atoms with Crippen LogP contribution in [0.2, 0.25) is 0 Å². The third-order valence-electron chi connectivity index (χ3n) is 2.52. The molecule has 0 radical (unpaired) electrons. The predicted octanol–water partition coefficient (Wildman–Crippen LogP) is 1.09. The molecule has 0 aliphatic carbocycles. The van der Waals surface area contributed by atoms with Crippen molar-refractivity contribution in [3.05, 3.63) is 29.8 Å². The maximum atomic E-state index is 11.5. The Morgan fingerprint density at radius 3 is 2.89 bits per heavy atom. The average molecular weight is 268 g/mol. The van der Waals surface area contributed by atoms with Crippen LogP contribution < -0.4 is 11.1 Å². The highest BCUT2D eigenvalue weighted by atomic mass is 32.2. The number of amides is 1. The highest BCUT2D eigenvalue weighted by Gasteiger charge is 2.02. The van der Waals surface area contributed by atoms with Crippen LogP contribution in [0.25, 0.3) is 0 Å². The zero-order valence-corrected chi connectivity index (χ0v) is 11.5. The quantitative estimate of drug-likeness (QED) is 0.574. The van der Waals surface area contributed by atoms with Gasteiger partial charge in [0.2, 0.25) is 5.91 Å². The molecule has 0 fully saturated rings. The number of nitrogens with one attached hydrogen (secondary N) is 1. The van der Waals surface area contributed by atoms with E-state index in [9.17, 15) is 9.00 Å². The molecule has 0 aliphatic heterocycles. The summed E-state index contributed by atoms with van der Waals surface area (Å²) in [4.78, 5) is 11.5. The van der Waals surface area contributed by atoms with Crippen molar-refractivity contribution in [1.29, 1.82) is 0 Å². The van der Waals surface area contributed by atoms with E-state index >= 15 is 0 Å². The Morgan fingerprint density at radius 1 is 1.44 bits per heavy atom. The molecule has 1 amide bonds. The van der Waals surface area contributed by atoms with Crippen LogP contribution in [0.4, 0.5) is 5.69 Å². The first-order valence-electron chi connectivity index (χ1n) is 5.99. The molecule has 0 aliphatic rings. The molecule has 100 valence electrons. The summed E-state index contributed by atoms with van der Waals surface area (Å²) < 4.78 is 10.8. The van der Waals surface area contributed by atoms with Gasteiger partial charge in [-0.25, -0.2) is 0 Å². The van der Waals surface area contributed by atoms with E-state index in [-0.39, 0.29) is 5.91 Å². The molecule has 1 atom stereocenters. The van der Waals surface area contributed by atoms with E-state index in [1.165, 1.54) is 0 Å². The van der Waals surface area contributed by atoms with Crippen LogP contribution in [-0.4, -0.2) is 28.7 Å². The summed E-state index contributed by atoms with van der Waals surface area (Å²) in [6.07, 6.45) is 3.57. The summed E-state index contributed by atoms with van der Waals surface area (Å²) in [7, 11) is -0.782. The van der Waals surface area contributed by atoms with Crippen LogP contribution in [0.15, 0.2) is 24.3 Å². The second kappa shape index (κ2) is 7.87. The molecule has 1 rings (SSSR count). The fraction of sp³-hybridized carbons (Fsp3) is 0.462. The normalized spacial score (nSPS) is 12.1. The topological polar surface area (TPSA) is 72.2 Å². The largest absolute Gasteiger partial charge is 0.399 e. The summed E-state index contributed by atoms with van der Waals surface area (Å²) >= 11 is 0. The molecule has 0 bridgehead atoms. The van der Waals surface area contributed by atoms with Crippen LogP contribution >= 0.6 is 0 Å². The molecule has 4 nitrogen and oxygen atoms in total. The summed E-state index contributed by atoms with van der Waals surface area (Å²) in [5.74, 6) is 0.662. The van der Waals surface area contributed by atoms with Gasteiger partial charge in [-0.1, -0.05) is 12.1 Å². The van der Waals surface area contributed by atoms with E-state index in [0.29, 0.717) is 25.1 Å². The van der Waals surface area contributed by atoms with Crippen LogP contribution in [-0.2, 0) is 22.0 Å². The van der Waals surface area contributed by atoms with Gasteiger partial charge in [0.15, 0.2) is 0 Å². The SMILES string of the molecule is CS(=O)CCCNC(=O)CCc1cccc(N)c1. The summed E-state index contributed by atoms with van der Waals surface area (Å²) in [6, 6.07) is 7.56. The first kappa shape index (κ1) is 14.7. The van der Waals surface area contributed by atoms with Crippen molar-refractivity contribution < 1.29 is 9.00 Å². The van der Waals surface area contributed by atoms with Crippen molar-refractivity contribution in [3.63, 3.8) is 0 Å². The molecule has 0 heterocycles. The standard InChI is InChI=1S/C13H20N2O2S/c1-18(17)9-3-8-15-13(16)7-6-11-4-2-5-12(14)10-11/h2,4-5,10H,3,6-9,14H2,1H3,(H,15,16). The van der Waals surface area contributed by atoms with E-state index in [1.54, 1.807) is 6.26 Å². The van der Waals surface area contributed by atoms with E-state index in [2.05, 4.69) is 5.32 Å². The minimum absolute atomic E-state index is 0.0271. The van der Waals surface area contributed by atoms with E-state index in [4.69, 9.17) is 5.73 Å². The van der Waals surface area contributed by atoms with Crippen LogP contribution in [0.3, 0.4) is 0 Å². The zero-order chi connectivity index (χ0) is 13.4. The predicted molar refractivity (Wildman–Crippen MR) is 75.7 cm³/mol. The Morgan fingerprint density at radius 2 is 2.22 bits per heavy atom. The lowest BCUT2D eigenvalue weighted by Crippen LogP contribution is -2.25. The molecule has 1 aromatic rings. The number of benzene rings is 1. The van der Waals surface area contributed by atoms with Crippen LogP contribution in [0, 0.1) is 0 Å². The molecule has 0 saturated heterocycles. The molecule has 0 saturated carbocycles. The number of anilines is 1. The summed E-state index contributed by atoms with van der Waals surface area (Å²) in [6.45, 7) is 0.593. The number of carbonyl (C=O) groups is 1. The Labute approximate surface area is 110 Å². The van der Waals surface area contributed by atoms with E-state index < -0.39 is 10.8 Å². The fourth-order valence-corrected chi connectivity index (χ4v) is 2.15. The molecule has 5 heteroatoms. The third-order valence-corrected chi connectivity index (χ3v) is 3.39. The number of hydrogen-bond acceptors (Lipinski definition) is 3. The lowest BCUT2D eigenvalue weighted by atomic mass is 10.1. The Kier molecular flexibility index (Phi) is 6.43. The average Bonchev–Trinajstić information content (AvgIpc) is 2.32. The number of hydrogen-bond donors (Lipinski definition) is 2. The van der Waals surface area contributed by atoms with Crippen molar-refractivity contribution in [3.8, 4) is 0 Å². The van der Waals surface area contributed by atoms with Gasteiger partial charge < -0.3 is 11.1 Å². The van der Waals surface area contributed by atoms with Crippen molar-refractivity contribution in [2.75, 3.05) is 24.3 Å². The monoisotopic (exact) mass is 268 g/mol. The van der Waals surface area contributed by atoms with Gasteiger partial charge in [-0.2, -0.15) is 0 Å². The molecular weight excluding hydrogens is 248 g/mol. The van der Waals surface area contributed by atoms with Crippen LogP contribution in [0.1, 0.15) is 18.4 Å². The zero-order valence-electron chi connectivity index (χ0n) is 10.6. The molecule has 0 aromatic heterocycles. The lowest BCUT2D eigenvalue weighted by molar-refractivity contribution is -0.121. The first-order chi connectivity index (χ1) is 8.58. The van der Waals surface area contributed by atoms with Gasteiger partial charge in [-0.3, -0.25) is 9.00 Å². The Bertz CT molecular complexity index is 421. The highest BCUT2D eigenvalue weighted by molar-refractivity contribution is 7.84. The first-order valence-corrected chi connectivity index (χ1v) is 7.72. The van der Waals surface area contributed by atoms with Gasteiger partial charge in [-0.15, -0.1) is 0 Å². The van der Waals surface area contributed by atoms with Gasteiger partial charge in [0, 0.05) is 41.5 Å². The maximum absolute atomic E-state index is 11.5. The fourth-order valence-electron chi connectivity index (χ4n) is 1.60. The minimum Gasteiger partial charge on any atom is -0.399 e. The van der Waals surface area contributed by atoms with Crippen molar-refractivity contribution in [1.82, 2.24) is 5.32 Å². The van der Waals surface area contributed by atoms with Gasteiger partial charge in [0.25, 0.3) is 0 Å². The Balaban J connectivity index is 2.19. The number of nitrogen functional groups attached to an aromatic ring is 1. The number of rotatable bonds is 7. The second-order valence-corrected chi connectivity index (χ2v) is 5.78. The van der Waals surface area contributed by atoms with Gasteiger partial charge >= 0.3 is 0 Å². The van der Waals surface area contributed by atoms with Crippen molar-refractivity contribution in [2.24, 2.45) is 0 Å². The molecule has 1 unspecified atom stereocenters. The maximum Gasteiger partial charge on any atom is 0.220 e. The molecular formula is C13H20N2O2S. The molecule has 1 aromatic carbocycles. The summed E-state index contributed by atoms with van der Waals surface area (Å²) in [5.41, 5.74) is 7.45. The van der Waals surface area contributed by atoms with Crippen LogP contribution in [0.5, 0.6) is 0 Å². The van der Waals surface area contributed by atoms with Crippen molar-refractivity contribution in [2.45, 2.75) is 19.3 Å². The van der Waals surface area contributed by atoms with Gasteiger partial charge in [0.1, 0.15) is 0 Å². The van der Waals surface area contributed by atoms with E-state index in [0.717, 1.165) is 17.7 Å². The van der Waals surface area contributed by atoms with Crippen molar-refractivity contribution >= 4 is 22.4 Å². The second-order valence-electron chi connectivity index (χ2n) is 4.23. The smallest absolute Gasteiger partial charge is 0.220 e. The van der Waals surface area contributed by atoms with Gasteiger partial charge in [-0.05, 0) is 30.5 Å². The number of aryl methyl sites for hydroxylation is 1. The lowest BCUT2D eigenvalue weighted by Gasteiger charge is -2.05. The molecule has 3 N–H and O–H groups in total. The Hall–Kier alpha value is -1.36. The number of nitrogens with two attached hydrogens (primary N) is 1. The molecule has 0 spiro atoms. The molecule has 18 heavy (non-hydrogen) atoms.